The Morgan fingerprint density at radius 2 is 2.14 bits per heavy atom. The maximum Gasteiger partial charge on any atom is 0.335 e. The highest BCUT2D eigenvalue weighted by Crippen LogP contribution is 2.05. The summed E-state index contributed by atoms with van der Waals surface area (Å²) in [7, 11) is 0. The summed E-state index contributed by atoms with van der Waals surface area (Å²) in [5.41, 5.74) is 0.958. The van der Waals surface area contributed by atoms with Gasteiger partial charge < -0.3 is 5.11 Å². The summed E-state index contributed by atoms with van der Waals surface area (Å²) in [5, 5.41) is 16.9. The van der Waals surface area contributed by atoms with Crippen LogP contribution in [0.25, 0.3) is 0 Å². The molecule has 0 radical (unpaired) electrons. The first kappa shape index (κ1) is 12.2. The maximum absolute atomic E-state index is 10.5. The second-order valence-corrected chi connectivity index (χ2v) is 2.34. The maximum atomic E-state index is 10.5. The Kier molecular flexibility index (Phi) is 5.80. The smallest absolute Gasteiger partial charge is 0.335 e. The number of nitriles is 1. The summed E-state index contributed by atoms with van der Waals surface area (Å²) in [6, 6.07) is 8.33. The van der Waals surface area contributed by atoms with Crippen molar-refractivity contribution >= 4 is 5.97 Å². The fourth-order valence-corrected chi connectivity index (χ4v) is 0.906. The van der Waals surface area contributed by atoms with Gasteiger partial charge in [0.1, 0.15) is 0 Å². The minimum atomic E-state index is -0.963. The molecule has 0 amide bonds. The Labute approximate surface area is 83.6 Å². The number of carboxylic acid groups (broad SMARTS) is 1. The number of benzene rings is 1. The van der Waals surface area contributed by atoms with Crippen LogP contribution < -0.4 is 0 Å². The van der Waals surface area contributed by atoms with Gasteiger partial charge in [-0.15, -0.1) is 0 Å². The van der Waals surface area contributed by atoms with E-state index in [-0.39, 0.29) is 12.0 Å². The molecule has 1 aromatic carbocycles. The molecule has 0 unspecified atom stereocenters. The Balaban J connectivity index is 0.000000791. The van der Waals surface area contributed by atoms with E-state index in [9.17, 15) is 4.79 Å². The average molecular weight is 191 g/mol. The Hall–Kier alpha value is -1.82. The number of carbonyl (C=O) groups is 1. The lowest BCUT2D eigenvalue weighted by Gasteiger charge is -1.96. The molecule has 0 spiro atoms. The van der Waals surface area contributed by atoms with E-state index in [1.54, 1.807) is 12.1 Å². The molecule has 1 N–H and O–H groups in total. The highest BCUT2D eigenvalue weighted by Gasteiger charge is 2.01. The van der Waals surface area contributed by atoms with Gasteiger partial charge in [-0.2, -0.15) is 5.26 Å². The van der Waals surface area contributed by atoms with E-state index >= 15 is 0 Å². The molecule has 1 aromatic rings. The number of aromatic carboxylic acids is 1. The first-order valence-electron chi connectivity index (χ1n) is 4.43. The van der Waals surface area contributed by atoms with E-state index in [2.05, 4.69) is 0 Å². The summed E-state index contributed by atoms with van der Waals surface area (Å²) in [6.07, 6.45) is 0.251. The van der Waals surface area contributed by atoms with Gasteiger partial charge in [0.25, 0.3) is 0 Å². The van der Waals surface area contributed by atoms with Crippen LogP contribution in [0.1, 0.15) is 29.8 Å². The molecule has 0 saturated carbocycles. The largest absolute Gasteiger partial charge is 0.478 e. The summed E-state index contributed by atoms with van der Waals surface area (Å²) in [6.45, 7) is 4.00. The van der Waals surface area contributed by atoms with Crippen LogP contribution in [0.15, 0.2) is 24.3 Å². The number of rotatable bonds is 2. The molecule has 3 heteroatoms. The van der Waals surface area contributed by atoms with E-state index in [1.165, 1.54) is 12.1 Å². The highest BCUT2D eigenvalue weighted by atomic mass is 16.4. The van der Waals surface area contributed by atoms with Crippen LogP contribution in [0.3, 0.4) is 0 Å². The van der Waals surface area contributed by atoms with Crippen molar-refractivity contribution in [1.29, 1.82) is 5.26 Å². The van der Waals surface area contributed by atoms with Gasteiger partial charge in [-0.1, -0.05) is 26.0 Å². The van der Waals surface area contributed by atoms with Crippen molar-refractivity contribution < 1.29 is 9.90 Å². The number of hydrogen-bond acceptors (Lipinski definition) is 2. The second-order valence-electron chi connectivity index (χ2n) is 2.34. The third kappa shape index (κ3) is 3.72. The SMILES string of the molecule is CC.N#CCc1cccc(C(=O)O)c1. The van der Waals surface area contributed by atoms with Crippen LogP contribution in [0.5, 0.6) is 0 Å². The van der Waals surface area contributed by atoms with Crippen molar-refractivity contribution in [2.24, 2.45) is 0 Å². The van der Waals surface area contributed by atoms with Crippen LogP contribution in [0.4, 0.5) is 0 Å². The quantitative estimate of drug-likeness (QED) is 0.781. The van der Waals surface area contributed by atoms with Crippen molar-refractivity contribution in [3.8, 4) is 6.07 Å². The van der Waals surface area contributed by atoms with Crippen molar-refractivity contribution in [3.63, 3.8) is 0 Å². The average Bonchev–Trinajstić information content (AvgIpc) is 2.22. The van der Waals surface area contributed by atoms with Crippen LogP contribution in [-0.2, 0) is 6.42 Å². The van der Waals surface area contributed by atoms with E-state index in [4.69, 9.17) is 10.4 Å². The molecule has 0 atom stereocenters. The van der Waals surface area contributed by atoms with Crippen LogP contribution in [-0.4, -0.2) is 11.1 Å². The van der Waals surface area contributed by atoms with Gasteiger partial charge >= 0.3 is 5.97 Å². The normalized spacial score (nSPS) is 8.07. The zero-order valence-electron chi connectivity index (χ0n) is 8.32. The number of carboxylic acids is 1. The topological polar surface area (TPSA) is 61.1 Å². The molecule has 0 heterocycles. The molecule has 0 aliphatic rings. The lowest BCUT2D eigenvalue weighted by Crippen LogP contribution is -1.96. The third-order valence-electron chi connectivity index (χ3n) is 1.46. The van der Waals surface area contributed by atoms with Gasteiger partial charge in [-0.25, -0.2) is 4.79 Å². The highest BCUT2D eigenvalue weighted by molar-refractivity contribution is 5.87. The zero-order chi connectivity index (χ0) is 11.0. The molecule has 1 rings (SSSR count). The molecular formula is C11H13NO2. The fourth-order valence-electron chi connectivity index (χ4n) is 0.906. The summed E-state index contributed by atoms with van der Waals surface area (Å²) >= 11 is 0. The van der Waals surface area contributed by atoms with Gasteiger partial charge in [-0.3, -0.25) is 0 Å². The van der Waals surface area contributed by atoms with Gasteiger partial charge in [-0.05, 0) is 17.7 Å². The van der Waals surface area contributed by atoms with Gasteiger partial charge in [0.2, 0.25) is 0 Å². The minimum absolute atomic E-state index is 0.225. The lowest BCUT2D eigenvalue weighted by molar-refractivity contribution is 0.0697. The number of nitrogens with zero attached hydrogens (tertiary/aromatic N) is 1. The fraction of sp³-hybridized carbons (Fsp3) is 0.273. The van der Waals surface area contributed by atoms with Crippen LogP contribution in [0, 0.1) is 11.3 Å². The van der Waals surface area contributed by atoms with Crippen molar-refractivity contribution in [1.82, 2.24) is 0 Å². The summed E-state index contributed by atoms with van der Waals surface area (Å²) in [5.74, 6) is -0.963. The molecule has 0 bridgehead atoms. The first-order valence-corrected chi connectivity index (χ1v) is 4.43. The molecular weight excluding hydrogens is 178 g/mol. The second kappa shape index (κ2) is 6.67. The van der Waals surface area contributed by atoms with Crippen molar-refractivity contribution in [2.75, 3.05) is 0 Å². The Morgan fingerprint density at radius 1 is 1.50 bits per heavy atom. The van der Waals surface area contributed by atoms with Gasteiger partial charge in [0.15, 0.2) is 0 Å². The Morgan fingerprint density at radius 3 is 2.64 bits per heavy atom. The minimum Gasteiger partial charge on any atom is -0.478 e. The monoisotopic (exact) mass is 191 g/mol. The van der Waals surface area contributed by atoms with E-state index in [0.29, 0.717) is 0 Å². The predicted octanol–water partition coefficient (Wildman–Crippen LogP) is 2.48. The predicted molar refractivity (Wildman–Crippen MR) is 54.1 cm³/mol. The molecule has 3 nitrogen and oxygen atoms in total. The van der Waals surface area contributed by atoms with Crippen molar-refractivity contribution in [3.05, 3.63) is 35.4 Å². The first-order chi connectivity index (χ1) is 6.74. The molecule has 0 fully saturated rings. The van der Waals surface area contributed by atoms with Crippen LogP contribution in [0.2, 0.25) is 0 Å². The molecule has 0 aliphatic heterocycles. The van der Waals surface area contributed by atoms with E-state index < -0.39 is 5.97 Å². The Bertz CT molecular complexity index is 339. The third-order valence-corrected chi connectivity index (χ3v) is 1.46. The number of hydrogen-bond donors (Lipinski definition) is 1. The molecule has 74 valence electrons. The van der Waals surface area contributed by atoms with Crippen molar-refractivity contribution in [2.45, 2.75) is 20.3 Å². The standard InChI is InChI=1S/C9H7NO2.C2H6/c10-5-4-7-2-1-3-8(6-7)9(11)12;1-2/h1-3,6H,4H2,(H,11,12);1-2H3. The van der Waals surface area contributed by atoms with Gasteiger partial charge in [0.05, 0.1) is 18.1 Å². The van der Waals surface area contributed by atoms with Crippen LogP contribution >= 0.6 is 0 Å². The zero-order valence-corrected chi connectivity index (χ0v) is 8.32. The van der Waals surface area contributed by atoms with Gasteiger partial charge in [0, 0.05) is 0 Å². The summed E-state index contributed by atoms with van der Waals surface area (Å²) < 4.78 is 0. The van der Waals surface area contributed by atoms with E-state index in [0.717, 1.165) is 5.56 Å². The summed E-state index contributed by atoms with van der Waals surface area (Å²) in [4.78, 5) is 10.5. The van der Waals surface area contributed by atoms with E-state index in [1.807, 2.05) is 19.9 Å². The molecule has 0 aliphatic carbocycles. The lowest BCUT2D eigenvalue weighted by atomic mass is 10.1. The molecule has 14 heavy (non-hydrogen) atoms. The molecule has 0 saturated heterocycles. The molecule has 0 aromatic heterocycles.